The third-order valence-corrected chi connectivity index (χ3v) is 11.0. The number of fused-ring (bicyclic) bond motifs is 4. The minimum absolute atomic E-state index is 0.00703. The summed E-state index contributed by atoms with van der Waals surface area (Å²) in [6.07, 6.45) is 8.54. The number of ether oxygens (including phenoxy) is 2. The van der Waals surface area contributed by atoms with E-state index in [0.717, 1.165) is 64.2 Å². The molecule has 6 unspecified atom stereocenters. The summed E-state index contributed by atoms with van der Waals surface area (Å²) in [5.74, 6) is 2.64. The molecule has 1 aromatic carbocycles. The molecule has 4 aliphatic carbocycles. The Balaban J connectivity index is 1.29. The first-order chi connectivity index (χ1) is 18.6. The number of hydrogen-bond donors (Lipinski definition) is 3. The monoisotopic (exact) mass is 534 g/mol. The van der Waals surface area contributed by atoms with Crippen LogP contribution < -0.4 is 10.6 Å². The van der Waals surface area contributed by atoms with Gasteiger partial charge >= 0.3 is 0 Å². The van der Waals surface area contributed by atoms with Crippen molar-refractivity contribution in [2.75, 3.05) is 19.8 Å². The molecule has 3 N–H and O–H groups in total. The highest BCUT2D eigenvalue weighted by Gasteiger charge is 2.57. The summed E-state index contributed by atoms with van der Waals surface area (Å²) in [4.78, 5) is 0. The number of hydrogen-bond acceptors (Lipinski definition) is 5. The molecule has 214 valence electrons. The summed E-state index contributed by atoms with van der Waals surface area (Å²) in [5, 5.41) is 17.8. The van der Waals surface area contributed by atoms with Gasteiger partial charge in [-0.2, -0.15) is 0 Å². The van der Waals surface area contributed by atoms with E-state index in [1.165, 1.54) is 30.4 Å². The van der Waals surface area contributed by atoms with Gasteiger partial charge in [0.05, 0.1) is 25.1 Å². The average molecular weight is 535 g/mol. The van der Waals surface area contributed by atoms with Gasteiger partial charge in [0.1, 0.15) is 0 Å². The van der Waals surface area contributed by atoms with Gasteiger partial charge in [-0.3, -0.25) is 0 Å². The van der Waals surface area contributed by atoms with Crippen LogP contribution in [0.5, 0.6) is 0 Å². The van der Waals surface area contributed by atoms with Gasteiger partial charge in [-0.1, -0.05) is 62.8 Å². The number of allylic oxidation sites excluding steroid dienone is 2. The van der Waals surface area contributed by atoms with Gasteiger partial charge < -0.3 is 25.2 Å². The summed E-state index contributed by atoms with van der Waals surface area (Å²) in [6.45, 7) is 16.2. The van der Waals surface area contributed by atoms with Crippen LogP contribution in [0.25, 0.3) is 0 Å². The van der Waals surface area contributed by atoms with E-state index in [-0.39, 0.29) is 22.7 Å². The molecule has 1 spiro atoms. The van der Waals surface area contributed by atoms with E-state index in [2.05, 4.69) is 69.2 Å². The van der Waals surface area contributed by atoms with Gasteiger partial charge in [0.25, 0.3) is 0 Å². The van der Waals surface area contributed by atoms with Gasteiger partial charge in [0, 0.05) is 37.3 Å². The summed E-state index contributed by atoms with van der Waals surface area (Å²) in [6, 6.07) is 9.28. The van der Waals surface area contributed by atoms with Crippen LogP contribution in [0.1, 0.15) is 96.1 Å². The van der Waals surface area contributed by atoms with Crippen molar-refractivity contribution in [1.82, 2.24) is 10.6 Å². The van der Waals surface area contributed by atoms with Crippen molar-refractivity contribution in [1.29, 1.82) is 0 Å². The molecule has 39 heavy (non-hydrogen) atoms. The maximum atomic E-state index is 11.2. The average Bonchev–Trinajstić information content (AvgIpc) is 3.23. The van der Waals surface area contributed by atoms with Crippen molar-refractivity contribution in [2.24, 2.45) is 28.6 Å². The fourth-order valence-electron chi connectivity index (χ4n) is 8.85. The van der Waals surface area contributed by atoms with Gasteiger partial charge in [-0.05, 0) is 79.7 Å². The highest BCUT2D eigenvalue weighted by molar-refractivity contribution is 5.41. The Hall–Kier alpha value is -1.82. The molecule has 6 rings (SSSR count). The smallest absolute Gasteiger partial charge is 0.169 e. The lowest BCUT2D eigenvalue weighted by atomic mass is 9.52. The van der Waals surface area contributed by atoms with Crippen LogP contribution in [0, 0.1) is 28.6 Å². The zero-order valence-electron chi connectivity index (χ0n) is 24.7. The maximum Gasteiger partial charge on any atom is 0.169 e. The lowest BCUT2D eigenvalue weighted by Crippen LogP contribution is -2.52. The molecule has 0 radical (unpaired) electrons. The number of rotatable bonds is 6. The van der Waals surface area contributed by atoms with Crippen molar-refractivity contribution < 1.29 is 14.6 Å². The zero-order valence-corrected chi connectivity index (χ0v) is 24.7. The molecule has 0 aromatic heterocycles. The second-order valence-corrected chi connectivity index (χ2v) is 14.3. The van der Waals surface area contributed by atoms with E-state index in [0.29, 0.717) is 23.7 Å². The van der Waals surface area contributed by atoms with Crippen molar-refractivity contribution in [2.45, 2.75) is 103 Å². The summed E-state index contributed by atoms with van der Waals surface area (Å²) in [5.41, 5.74) is 6.25. The van der Waals surface area contributed by atoms with E-state index in [1.54, 1.807) is 11.1 Å². The van der Waals surface area contributed by atoms with Gasteiger partial charge in [0.15, 0.2) is 5.79 Å². The van der Waals surface area contributed by atoms with E-state index in [1.807, 2.05) is 0 Å². The molecular weight excluding hydrogens is 484 g/mol. The van der Waals surface area contributed by atoms with Crippen LogP contribution >= 0.6 is 0 Å². The Labute approximate surface area is 235 Å². The molecular formula is C34H50N2O3. The van der Waals surface area contributed by atoms with Crippen LogP contribution in [-0.2, 0) is 16.0 Å². The number of nitrogens with one attached hydrogen (secondary N) is 2. The molecule has 1 aliphatic heterocycles. The number of aliphatic hydroxyl groups excluding tert-OH is 1. The standard InChI is InChI=1S/C34H50N2O3/c1-6-35-22(2)36-19-23-7-9-24(10-8-23)28-18-33(5)29(13-14-30(33)37)27-12-11-25-17-34(16-15-26(25)31(27)28)38-20-32(3,4)21-39-34/h7-10,25,27-30,35-37H,2,6,11-21H2,1,3-5H3. The number of benzene rings is 1. The second kappa shape index (κ2) is 10.2. The molecule has 1 saturated heterocycles. The van der Waals surface area contributed by atoms with Crippen molar-refractivity contribution in [3.8, 4) is 0 Å². The third kappa shape index (κ3) is 4.97. The molecule has 1 aromatic rings. The van der Waals surface area contributed by atoms with Crippen LogP contribution in [0.2, 0.25) is 0 Å². The molecule has 5 nitrogen and oxygen atoms in total. The minimum atomic E-state index is -0.384. The topological polar surface area (TPSA) is 62.8 Å². The predicted molar refractivity (Wildman–Crippen MR) is 156 cm³/mol. The first-order valence-electron chi connectivity index (χ1n) is 15.6. The lowest BCUT2D eigenvalue weighted by Gasteiger charge is -2.55. The molecule has 4 fully saturated rings. The third-order valence-electron chi connectivity index (χ3n) is 11.0. The molecule has 5 heteroatoms. The van der Waals surface area contributed by atoms with Crippen LogP contribution in [0.4, 0.5) is 0 Å². The lowest BCUT2D eigenvalue weighted by molar-refractivity contribution is -0.312. The predicted octanol–water partition coefficient (Wildman–Crippen LogP) is 6.40. The molecule has 1 heterocycles. The molecule has 6 atom stereocenters. The molecule has 5 aliphatic rings. The Morgan fingerprint density at radius 2 is 1.74 bits per heavy atom. The first-order valence-corrected chi connectivity index (χ1v) is 15.6. The van der Waals surface area contributed by atoms with Crippen LogP contribution in [-0.4, -0.2) is 36.8 Å². The van der Waals surface area contributed by atoms with E-state index in [4.69, 9.17) is 9.47 Å². The fraction of sp³-hybridized carbons (Fsp3) is 0.706. The van der Waals surface area contributed by atoms with Gasteiger partial charge in [-0.25, -0.2) is 0 Å². The van der Waals surface area contributed by atoms with E-state index < -0.39 is 0 Å². The Kier molecular flexibility index (Phi) is 7.17. The van der Waals surface area contributed by atoms with Crippen LogP contribution in [0.15, 0.2) is 47.8 Å². The highest BCUT2D eigenvalue weighted by atomic mass is 16.7. The fourth-order valence-corrected chi connectivity index (χ4v) is 8.85. The quantitative estimate of drug-likeness (QED) is 0.369. The molecule has 3 saturated carbocycles. The molecule has 0 bridgehead atoms. The number of aliphatic hydroxyl groups is 1. The Morgan fingerprint density at radius 1 is 1.00 bits per heavy atom. The molecule has 0 amide bonds. The largest absolute Gasteiger partial charge is 0.393 e. The summed E-state index contributed by atoms with van der Waals surface area (Å²) < 4.78 is 13.0. The minimum Gasteiger partial charge on any atom is -0.393 e. The van der Waals surface area contributed by atoms with E-state index >= 15 is 0 Å². The zero-order chi connectivity index (χ0) is 27.4. The maximum absolute atomic E-state index is 11.2. The van der Waals surface area contributed by atoms with Crippen molar-refractivity contribution in [3.63, 3.8) is 0 Å². The van der Waals surface area contributed by atoms with Crippen molar-refractivity contribution >= 4 is 0 Å². The summed E-state index contributed by atoms with van der Waals surface area (Å²) >= 11 is 0. The van der Waals surface area contributed by atoms with Gasteiger partial charge in [0.2, 0.25) is 0 Å². The second-order valence-electron chi connectivity index (χ2n) is 14.3. The Bertz CT molecular complexity index is 1100. The van der Waals surface area contributed by atoms with Gasteiger partial charge in [-0.15, -0.1) is 0 Å². The van der Waals surface area contributed by atoms with Crippen molar-refractivity contribution in [3.05, 3.63) is 58.9 Å². The van der Waals surface area contributed by atoms with E-state index in [9.17, 15) is 5.11 Å². The summed E-state index contributed by atoms with van der Waals surface area (Å²) in [7, 11) is 0. The SMILES string of the molecule is C=C(NCC)NCc1ccc(C2CC3(C)C(O)CCC3C3CCC4CC5(CCC4=C23)OCC(C)(C)CO5)cc1. The first kappa shape index (κ1) is 27.4. The normalized spacial score (nSPS) is 36.6. The van der Waals surface area contributed by atoms with Crippen LogP contribution in [0.3, 0.4) is 0 Å². The Morgan fingerprint density at radius 3 is 2.46 bits per heavy atom. The highest BCUT2D eigenvalue weighted by Crippen LogP contribution is 2.65.